The van der Waals surface area contributed by atoms with Crippen LogP contribution in [0.3, 0.4) is 0 Å². The lowest BCUT2D eigenvalue weighted by molar-refractivity contribution is -0.133. The predicted molar refractivity (Wildman–Crippen MR) is 82.0 cm³/mol. The zero-order valence-electron chi connectivity index (χ0n) is 13.5. The molecule has 0 aromatic carbocycles. The van der Waals surface area contributed by atoms with Crippen molar-refractivity contribution in [3.8, 4) is 0 Å². The van der Waals surface area contributed by atoms with Gasteiger partial charge < -0.3 is 15.0 Å². The third-order valence-corrected chi connectivity index (χ3v) is 3.79. The van der Waals surface area contributed by atoms with E-state index in [9.17, 15) is 9.59 Å². The molecule has 2 unspecified atom stereocenters. The largest absolute Gasteiger partial charge is 0.383 e. The van der Waals surface area contributed by atoms with Crippen molar-refractivity contribution in [3.63, 3.8) is 0 Å². The third kappa shape index (κ3) is 6.44. The Morgan fingerprint density at radius 2 is 1.71 bits per heavy atom. The lowest BCUT2D eigenvalue weighted by Gasteiger charge is -2.26. The van der Waals surface area contributed by atoms with Crippen LogP contribution < -0.4 is 10.6 Å². The molecule has 6 nitrogen and oxygen atoms in total. The molecule has 0 aliphatic carbocycles. The van der Waals surface area contributed by atoms with Crippen LogP contribution in [0.1, 0.15) is 39.5 Å². The summed E-state index contributed by atoms with van der Waals surface area (Å²) in [6.07, 6.45) is 4.55. The zero-order chi connectivity index (χ0) is 15.7. The molecular formula is C15H29N3O3. The van der Waals surface area contributed by atoms with E-state index >= 15 is 0 Å². The summed E-state index contributed by atoms with van der Waals surface area (Å²) in [4.78, 5) is 26.2. The molecule has 0 radical (unpaired) electrons. The molecule has 122 valence electrons. The van der Waals surface area contributed by atoms with Crippen LogP contribution in [0.2, 0.25) is 0 Å². The second-order valence-electron chi connectivity index (χ2n) is 5.63. The quantitative estimate of drug-likeness (QED) is 0.672. The first kappa shape index (κ1) is 17.9. The van der Waals surface area contributed by atoms with Crippen molar-refractivity contribution in [1.29, 1.82) is 0 Å². The van der Waals surface area contributed by atoms with Crippen LogP contribution in [0.5, 0.6) is 0 Å². The number of rotatable bonds is 7. The van der Waals surface area contributed by atoms with Crippen LogP contribution in [0.4, 0.5) is 0 Å². The Morgan fingerprint density at radius 1 is 1.10 bits per heavy atom. The van der Waals surface area contributed by atoms with Crippen molar-refractivity contribution in [2.75, 3.05) is 33.4 Å². The molecular weight excluding hydrogens is 270 g/mol. The van der Waals surface area contributed by atoms with Crippen molar-refractivity contribution < 1.29 is 14.3 Å². The number of nitrogens with zero attached hydrogens (tertiary/aromatic N) is 1. The fraction of sp³-hybridized carbons (Fsp3) is 0.867. The summed E-state index contributed by atoms with van der Waals surface area (Å²) in [6, 6.07) is -0.737. The number of hydrogen-bond donors (Lipinski definition) is 2. The van der Waals surface area contributed by atoms with Gasteiger partial charge in [0, 0.05) is 26.7 Å². The average Bonchev–Trinajstić information content (AvgIpc) is 2.75. The topological polar surface area (TPSA) is 70.7 Å². The van der Waals surface area contributed by atoms with Gasteiger partial charge in [0.2, 0.25) is 11.8 Å². The van der Waals surface area contributed by atoms with Crippen molar-refractivity contribution in [2.45, 2.75) is 51.6 Å². The fourth-order valence-corrected chi connectivity index (χ4v) is 2.52. The molecule has 21 heavy (non-hydrogen) atoms. The summed E-state index contributed by atoms with van der Waals surface area (Å²) in [5.74, 6) is -0.0176. The van der Waals surface area contributed by atoms with Gasteiger partial charge in [-0.05, 0) is 26.7 Å². The van der Waals surface area contributed by atoms with Crippen LogP contribution in [-0.4, -0.2) is 62.1 Å². The first-order chi connectivity index (χ1) is 10.1. The maximum atomic E-state index is 12.4. The summed E-state index contributed by atoms with van der Waals surface area (Å²) in [5, 5.41) is 5.85. The van der Waals surface area contributed by atoms with E-state index in [1.165, 1.54) is 12.8 Å². The number of hydrogen-bond acceptors (Lipinski definition) is 4. The number of nitrogens with one attached hydrogen (secondary N) is 2. The molecule has 0 aromatic heterocycles. The summed E-state index contributed by atoms with van der Waals surface area (Å²) < 4.78 is 4.89. The lowest BCUT2D eigenvalue weighted by atomic mass is 10.2. The molecule has 6 heteroatoms. The molecule has 0 aromatic rings. The molecule has 1 saturated heterocycles. The Balaban J connectivity index is 2.37. The summed E-state index contributed by atoms with van der Waals surface area (Å²) in [5.41, 5.74) is 0. The molecule has 2 N–H and O–H groups in total. The van der Waals surface area contributed by atoms with E-state index in [0.29, 0.717) is 13.2 Å². The maximum Gasteiger partial charge on any atom is 0.239 e. The van der Waals surface area contributed by atoms with E-state index < -0.39 is 6.04 Å². The van der Waals surface area contributed by atoms with E-state index in [0.717, 1.165) is 25.9 Å². The minimum absolute atomic E-state index is 0.0911. The Hall–Kier alpha value is -1.14. The van der Waals surface area contributed by atoms with E-state index in [-0.39, 0.29) is 17.9 Å². The van der Waals surface area contributed by atoms with Gasteiger partial charge in [-0.2, -0.15) is 0 Å². The Kier molecular flexibility index (Phi) is 8.30. The van der Waals surface area contributed by atoms with Gasteiger partial charge >= 0.3 is 0 Å². The zero-order valence-corrected chi connectivity index (χ0v) is 13.5. The molecule has 0 spiro atoms. The van der Waals surface area contributed by atoms with Crippen molar-refractivity contribution in [1.82, 2.24) is 15.5 Å². The Bertz CT molecular complexity index is 328. The molecule has 0 saturated carbocycles. The molecule has 2 amide bonds. The van der Waals surface area contributed by atoms with Crippen LogP contribution in [0, 0.1) is 0 Å². The number of carbonyl (C=O) groups is 2. The second-order valence-corrected chi connectivity index (χ2v) is 5.63. The monoisotopic (exact) mass is 299 g/mol. The van der Waals surface area contributed by atoms with Crippen molar-refractivity contribution in [2.24, 2.45) is 0 Å². The third-order valence-electron chi connectivity index (χ3n) is 3.79. The highest BCUT2D eigenvalue weighted by molar-refractivity contribution is 5.84. The van der Waals surface area contributed by atoms with Gasteiger partial charge in [-0.3, -0.25) is 14.9 Å². The SMILES string of the molecule is COCCNC(=O)C(C)NC(C)C(=O)N1CCCCCC1. The van der Waals surface area contributed by atoms with Gasteiger partial charge in [-0.25, -0.2) is 0 Å². The Labute approximate surface area is 127 Å². The van der Waals surface area contributed by atoms with Gasteiger partial charge in [-0.1, -0.05) is 12.8 Å². The second kappa shape index (κ2) is 9.73. The number of carbonyl (C=O) groups excluding carboxylic acids is 2. The molecule has 2 atom stereocenters. The van der Waals surface area contributed by atoms with E-state index in [1.54, 1.807) is 14.0 Å². The standard InChI is InChI=1S/C15H29N3O3/c1-12(14(19)16-8-11-21-3)17-13(2)15(20)18-9-6-4-5-7-10-18/h12-13,17H,4-11H2,1-3H3,(H,16,19). The van der Waals surface area contributed by atoms with E-state index in [1.807, 2.05) is 11.8 Å². The van der Waals surface area contributed by atoms with Gasteiger partial charge in [0.05, 0.1) is 18.7 Å². The number of ether oxygens (including phenoxy) is 1. The minimum atomic E-state index is -0.396. The molecule has 1 heterocycles. The number of amides is 2. The molecule has 0 bridgehead atoms. The summed E-state index contributed by atoms with van der Waals surface area (Å²) >= 11 is 0. The highest BCUT2D eigenvalue weighted by Crippen LogP contribution is 2.10. The van der Waals surface area contributed by atoms with Gasteiger partial charge in [0.15, 0.2) is 0 Å². The van der Waals surface area contributed by atoms with Gasteiger partial charge in [0.1, 0.15) is 0 Å². The number of likely N-dealkylation sites (tertiary alicyclic amines) is 1. The van der Waals surface area contributed by atoms with Crippen LogP contribution >= 0.6 is 0 Å². The van der Waals surface area contributed by atoms with Crippen LogP contribution in [0.15, 0.2) is 0 Å². The van der Waals surface area contributed by atoms with E-state index in [4.69, 9.17) is 4.74 Å². The smallest absolute Gasteiger partial charge is 0.239 e. The van der Waals surface area contributed by atoms with E-state index in [2.05, 4.69) is 10.6 Å². The van der Waals surface area contributed by atoms with Crippen molar-refractivity contribution >= 4 is 11.8 Å². The molecule has 1 aliphatic heterocycles. The first-order valence-electron chi connectivity index (χ1n) is 7.87. The molecule has 1 rings (SSSR count). The average molecular weight is 299 g/mol. The highest BCUT2D eigenvalue weighted by Gasteiger charge is 2.24. The summed E-state index contributed by atoms with van der Waals surface area (Å²) in [7, 11) is 1.59. The predicted octanol–water partition coefficient (Wildman–Crippen LogP) is 0.518. The Morgan fingerprint density at radius 3 is 2.29 bits per heavy atom. The van der Waals surface area contributed by atoms with Gasteiger partial charge in [-0.15, -0.1) is 0 Å². The van der Waals surface area contributed by atoms with Crippen LogP contribution in [-0.2, 0) is 14.3 Å². The first-order valence-corrected chi connectivity index (χ1v) is 7.87. The summed E-state index contributed by atoms with van der Waals surface area (Å²) in [6.45, 7) is 6.23. The van der Waals surface area contributed by atoms with Crippen LogP contribution in [0.25, 0.3) is 0 Å². The molecule has 1 aliphatic rings. The minimum Gasteiger partial charge on any atom is -0.383 e. The molecule has 1 fully saturated rings. The van der Waals surface area contributed by atoms with Gasteiger partial charge in [0.25, 0.3) is 0 Å². The lowest BCUT2D eigenvalue weighted by Crippen LogP contribution is -2.52. The number of methoxy groups -OCH3 is 1. The maximum absolute atomic E-state index is 12.4. The normalized spacial score (nSPS) is 18.7. The fourth-order valence-electron chi connectivity index (χ4n) is 2.52. The van der Waals surface area contributed by atoms with Crippen molar-refractivity contribution in [3.05, 3.63) is 0 Å². The highest BCUT2D eigenvalue weighted by atomic mass is 16.5.